The second kappa shape index (κ2) is 10.3. The molecule has 3 N–H and O–H groups in total. The number of nitrogens with zero attached hydrogens (tertiary/aromatic N) is 2. The van der Waals surface area contributed by atoms with Crippen molar-refractivity contribution in [2.24, 2.45) is 4.99 Å². The Morgan fingerprint density at radius 2 is 1.90 bits per heavy atom. The van der Waals surface area contributed by atoms with Gasteiger partial charge in [-0.1, -0.05) is 40.9 Å². The number of rotatable bonds is 7. The molecule has 0 aliphatic heterocycles. The van der Waals surface area contributed by atoms with Gasteiger partial charge in [0.15, 0.2) is 0 Å². The summed E-state index contributed by atoms with van der Waals surface area (Å²) in [5.41, 5.74) is 1.37. The maximum atomic E-state index is 14.3. The van der Waals surface area contributed by atoms with Crippen LogP contribution >= 0.6 is 34.8 Å². The third-order valence-corrected chi connectivity index (χ3v) is 5.16. The summed E-state index contributed by atoms with van der Waals surface area (Å²) < 4.78 is 14.3. The number of carbonyl (C=O) groups is 1. The lowest BCUT2D eigenvalue weighted by molar-refractivity contribution is 0.0942. The largest absolute Gasteiger partial charge is 0.344 e. The van der Waals surface area contributed by atoms with Gasteiger partial charge in [0, 0.05) is 11.8 Å². The minimum absolute atomic E-state index is 0.103. The number of halogens is 4. The molecular formula is C21H15Cl3FN5O. The third kappa shape index (κ3) is 5.79. The van der Waals surface area contributed by atoms with Gasteiger partial charge >= 0.3 is 0 Å². The van der Waals surface area contributed by atoms with Gasteiger partial charge < -0.3 is 10.6 Å². The van der Waals surface area contributed by atoms with Gasteiger partial charge in [-0.2, -0.15) is 0 Å². The summed E-state index contributed by atoms with van der Waals surface area (Å²) in [6, 6.07) is 11.5. The topological polar surface area (TPSA) is 90.2 Å². The summed E-state index contributed by atoms with van der Waals surface area (Å²) in [5, 5.41) is 13.4. The average molecular weight is 479 g/mol. The molecule has 0 aliphatic rings. The summed E-state index contributed by atoms with van der Waals surface area (Å²) in [7, 11) is 0. The number of aliphatic imine (C=N–C) groups is 1. The minimum Gasteiger partial charge on any atom is -0.344 e. The summed E-state index contributed by atoms with van der Waals surface area (Å²) in [6.07, 6.45) is 3.43. The molecule has 158 valence electrons. The highest BCUT2D eigenvalue weighted by Gasteiger charge is 2.21. The quantitative estimate of drug-likeness (QED) is 0.298. The first kappa shape index (κ1) is 22.7. The Kier molecular flexibility index (Phi) is 7.57. The highest BCUT2D eigenvalue weighted by Crippen LogP contribution is 2.29. The number of benzene rings is 2. The van der Waals surface area contributed by atoms with E-state index in [-0.39, 0.29) is 11.3 Å². The van der Waals surface area contributed by atoms with E-state index in [4.69, 9.17) is 40.2 Å². The van der Waals surface area contributed by atoms with Crippen molar-refractivity contribution in [3.05, 3.63) is 92.4 Å². The van der Waals surface area contributed by atoms with Crippen LogP contribution in [0.5, 0.6) is 0 Å². The molecule has 0 fully saturated rings. The molecule has 1 unspecified atom stereocenters. The average Bonchev–Trinajstić information content (AvgIpc) is 2.76. The Morgan fingerprint density at radius 3 is 2.55 bits per heavy atom. The van der Waals surface area contributed by atoms with Crippen LogP contribution in [0.1, 0.15) is 27.7 Å². The van der Waals surface area contributed by atoms with Crippen LogP contribution in [0.25, 0.3) is 0 Å². The van der Waals surface area contributed by atoms with E-state index in [9.17, 15) is 9.18 Å². The number of anilines is 1. The monoisotopic (exact) mass is 477 g/mol. The van der Waals surface area contributed by atoms with Gasteiger partial charge in [-0.15, -0.1) is 0 Å². The fraction of sp³-hybridized carbons (Fsp3) is 0.0476. The molecule has 3 aromatic rings. The van der Waals surface area contributed by atoms with Crippen LogP contribution in [0.3, 0.4) is 0 Å². The van der Waals surface area contributed by atoms with E-state index >= 15 is 0 Å². The van der Waals surface area contributed by atoms with Gasteiger partial charge in [-0.05, 0) is 48.0 Å². The highest BCUT2D eigenvalue weighted by atomic mass is 35.5. The standard InChI is InChI=1S/C21H15Cl3FN5O/c22-14-3-6-19(28-9-14)20(12-1-4-15(23)16(24)7-12)30-21(31)13-2-5-18(17(25)8-13)29-11-27-10-26/h1-11,20H,(H,30,31)(H2,26,27,29). The van der Waals surface area contributed by atoms with Gasteiger partial charge in [0.05, 0.1) is 38.8 Å². The summed E-state index contributed by atoms with van der Waals surface area (Å²) in [6.45, 7) is 0. The molecule has 0 radical (unpaired) electrons. The van der Waals surface area contributed by atoms with E-state index in [1.165, 1.54) is 18.3 Å². The second-order valence-corrected chi connectivity index (χ2v) is 7.48. The lowest BCUT2D eigenvalue weighted by Gasteiger charge is -2.20. The number of amides is 1. The Hall–Kier alpha value is -3.00. The first-order valence-electron chi connectivity index (χ1n) is 8.83. The van der Waals surface area contributed by atoms with Crippen LogP contribution < -0.4 is 10.6 Å². The number of carbonyl (C=O) groups excluding carboxylic acids is 1. The molecule has 3 rings (SSSR count). The third-order valence-electron chi connectivity index (χ3n) is 4.20. The molecule has 1 heterocycles. The Balaban J connectivity index is 1.90. The van der Waals surface area contributed by atoms with Crippen molar-refractivity contribution in [2.75, 3.05) is 5.32 Å². The van der Waals surface area contributed by atoms with Crippen molar-refractivity contribution in [1.82, 2.24) is 10.3 Å². The number of aromatic nitrogens is 1. The molecule has 10 heteroatoms. The van der Waals surface area contributed by atoms with Crippen LogP contribution in [-0.2, 0) is 0 Å². The van der Waals surface area contributed by atoms with E-state index in [2.05, 4.69) is 20.6 Å². The van der Waals surface area contributed by atoms with Gasteiger partial charge in [-0.3, -0.25) is 15.2 Å². The van der Waals surface area contributed by atoms with Crippen molar-refractivity contribution in [1.29, 1.82) is 5.41 Å². The predicted molar refractivity (Wildman–Crippen MR) is 122 cm³/mol. The number of hydrogen-bond donors (Lipinski definition) is 3. The van der Waals surface area contributed by atoms with Crippen molar-refractivity contribution in [3.8, 4) is 0 Å². The molecule has 0 spiro atoms. The van der Waals surface area contributed by atoms with Crippen LogP contribution in [0, 0.1) is 11.2 Å². The Labute approximate surface area is 192 Å². The first-order chi connectivity index (χ1) is 14.9. The Morgan fingerprint density at radius 1 is 1.10 bits per heavy atom. The molecule has 31 heavy (non-hydrogen) atoms. The highest BCUT2D eigenvalue weighted by molar-refractivity contribution is 6.42. The van der Waals surface area contributed by atoms with Crippen molar-refractivity contribution in [3.63, 3.8) is 0 Å². The second-order valence-electron chi connectivity index (χ2n) is 6.23. The van der Waals surface area contributed by atoms with Crippen molar-refractivity contribution in [2.45, 2.75) is 6.04 Å². The molecule has 6 nitrogen and oxygen atoms in total. The zero-order valence-electron chi connectivity index (χ0n) is 15.7. The molecule has 1 amide bonds. The zero-order chi connectivity index (χ0) is 22.4. The van der Waals surface area contributed by atoms with E-state index in [1.54, 1.807) is 30.3 Å². The molecular weight excluding hydrogens is 464 g/mol. The lowest BCUT2D eigenvalue weighted by Crippen LogP contribution is -2.30. The molecule has 1 aromatic heterocycles. The normalized spacial score (nSPS) is 11.9. The Bertz CT molecular complexity index is 1140. The van der Waals surface area contributed by atoms with Gasteiger partial charge in [0.25, 0.3) is 5.91 Å². The van der Waals surface area contributed by atoms with Gasteiger partial charge in [-0.25, -0.2) is 9.38 Å². The maximum absolute atomic E-state index is 14.3. The van der Waals surface area contributed by atoms with Crippen LogP contribution in [0.2, 0.25) is 15.1 Å². The minimum atomic E-state index is -0.680. The van der Waals surface area contributed by atoms with E-state index in [0.717, 1.165) is 18.7 Å². The van der Waals surface area contributed by atoms with Crippen LogP contribution in [-0.4, -0.2) is 23.6 Å². The van der Waals surface area contributed by atoms with Crippen molar-refractivity contribution < 1.29 is 9.18 Å². The number of hydrogen-bond acceptors (Lipinski definition) is 3. The fourth-order valence-corrected chi connectivity index (χ4v) is 3.13. The first-order valence-corrected chi connectivity index (χ1v) is 9.96. The number of pyridine rings is 1. The van der Waals surface area contributed by atoms with E-state index in [0.29, 0.717) is 26.3 Å². The van der Waals surface area contributed by atoms with Gasteiger partial charge in [0.2, 0.25) is 0 Å². The smallest absolute Gasteiger partial charge is 0.252 e. The zero-order valence-corrected chi connectivity index (χ0v) is 18.0. The van der Waals surface area contributed by atoms with Crippen molar-refractivity contribution >= 4 is 59.1 Å². The van der Waals surface area contributed by atoms with E-state index in [1.807, 2.05) is 0 Å². The molecule has 0 saturated carbocycles. The van der Waals surface area contributed by atoms with Crippen LogP contribution in [0.15, 0.2) is 59.7 Å². The maximum Gasteiger partial charge on any atom is 0.252 e. The van der Waals surface area contributed by atoms with Crippen LogP contribution in [0.4, 0.5) is 10.1 Å². The number of nitrogens with one attached hydrogen (secondary N) is 3. The summed E-state index contributed by atoms with van der Waals surface area (Å²) in [5.74, 6) is -1.17. The summed E-state index contributed by atoms with van der Waals surface area (Å²) >= 11 is 18.1. The SMILES string of the molecule is N=C/N=C\Nc1ccc(C(=O)NC(c2ccc(Cl)c(Cl)c2)c2ccc(Cl)cn2)cc1F. The molecule has 0 saturated heterocycles. The van der Waals surface area contributed by atoms with E-state index < -0.39 is 17.8 Å². The molecule has 0 bridgehead atoms. The lowest BCUT2D eigenvalue weighted by atomic mass is 10.0. The summed E-state index contributed by atoms with van der Waals surface area (Å²) in [4.78, 5) is 20.7. The fourth-order valence-electron chi connectivity index (χ4n) is 2.71. The molecule has 0 aliphatic carbocycles. The molecule has 1 atom stereocenters. The molecule has 2 aromatic carbocycles. The predicted octanol–water partition coefficient (Wildman–Crippen LogP) is 5.75. The van der Waals surface area contributed by atoms with Gasteiger partial charge in [0.1, 0.15) is 12.2 Å².